The Labute approximate surface area is 159 Å². The Morgan fingerprint density at radius 3 is 2.54 bits per heavy atom. The highest BCUT2D eigenvalue weighted by molar-refractivity contribution is 9.10. The summed E-state index contributed by atoms with van der Waals surface area (Å²) in [7, 11) is 0. The highest BCUT2D eigenvalue weighted by Gasteiger charge is 2.34. The number of hydrogen-bond donors (Lipinski definition) is 0. The van der Waals surface area contributed by atoms with E-state index in [1.165, 1.54) is 0 Å². The number of alkyl halides is 3. The topological polar surface area (TPSA) is 54.5 Å². The molecule has 4 nitrogen and oxygen atoms in total. The smallest absolute Gasteiger partial charge is 0.261 e. The molecule has 0 N–H and O–H groups in total. The van der Waals surface area contributed by atoms with Gasteiger partial charge in [-0.2, -0.15) is 23.5 Å². The van der Waals surface area contributed by atoms with Gasteiger partial charge in [-0.15, -0.1) is 0 Å². The van der Waals surface area contributed by atoms with Crippen molar-refractivity contribution in [2.45, 2.75) is 17.1 Å². The van der Waals surface area contributed by atoms with E-state index in [1.54, 1.807) is 47.4 Å². The molecule has 0 saturated heterocycles. The van der Waals surface area contributed by atoms with Crippen LogP contribution in [0.2, 0.25) is 0 Å². The number of aromatic nitrogens is 3. The van der Waals surface area contributed by atoms with Gasteiger partial charge in [0.1, 0.15) is 16.8 Å². The van der Waals surface area contributed by atoms with Crippen molar-refractivity contribution in [2.24, 2.45) is 0 Å². The Hall–Kier alpha value is -2.31. The standard InChI is InChI=1S/C17H10BrF3N4S/c18-12-8-23-25(9-12)10-26-16-14(7-22)13(11-4-2-1-3-5-11)6-15(24-16)17(19,20)21/h1-6,8-9H,10H2. The van der Waals surface area contributed by atoms with Gasteiger partial charge in [0.25, 0.3) is 0 Å². The third-order valence-corrected chi connectivity index (χ3v) is 4.78. The van der Waals surface area contributed by atoms with Crippen molar-refractivity contribution in [2.75, 3.05) is 0 Å². The molecule has 0 unspecified atom stereocenters. The van der Waals surface area contributed by atoms with Crippen LogP contribution in [-0.4, -0.2) is 14.8 Å². The van der Waals surface area contributed by atoms with Gasteiger partial charge in [-0.3, -0.25) is 4.68 Å². The lowest BCUT2D eigenvalue weighted by Gasteiger charge is -2.14. The van der Waals surface area contributed by atoms with E-state index in [-0.39, 0.29) is 22.0 Å². The number of rotatable bonds is 4. The summed E-state index contributed by atoms with van der Waals surface area (Å²) in [6.45, 7) is 0. The van der Waals surface area contributed by atoms with E-state index in [0.29, 0.717) is 5.56 Å². The normalized spacial score (nSPS) is 11.3. The fourth-order valence-electron chi connectivity index (χ4n) is 2.26. The molecule has 0 aliphatic heterocycles. The molecular formula is C17H10BrF3N4S. The first-order valence-corrected chi connectivity index (χ1v) is 9.05. The molecular weight excluding hydrogens is 429 g/mol. The first-order valence-electron chi connectivity index (χ1n) is 7.27. The van der Waals surface area contributed by atoms with Crippen molar-refractivity contribution in [3.63, 3.8) is 0 Å². The molecule has 2 aromatic heterocycles. The van der Waals surface area contributed by atoms with Gasteiger partial charge in [0, 0.05) is 11.8 Å². The van der Waals surface area contributed by atoms with Crippen LogP contribution >= 0.6 is 27.7 Å². The van der Waals surface area contributed by atoms with Crippen molar-refractivity contribution in [3.05, 3.63) is 64.5 Å². The number of pyridine rings is 1. The van der Waals surface area contributed by atoms with E-state index in [9.17, 15) is 18.4 Å². The van der Waals surface area contributed by atoms with E-state index >= 15 is 0 Å². The van der Waals surface area contributed by atoms with Gasteiger partial charge >= 0.3 is 6.18 Å². The zero-order valence-corrected chi connectivity index (χ0v) is 15.4. The highest BCUT2D eigenvalue weighted by atomic mass is 79.9. The molecule has 0 spiro atoms. The van der Waals surface area contributed by atoms with Crippen LogP contribution in [0.15, 0.2) is 58.3 Å². The lowest BCUT2D eigenvalue weighted by molar-refractivity contribution is -0.141. The number of nitriles is 1. The maximum atomic E-state index is 13.3. The maximum absolute atomic E-state index is 13.3. The third-order valence-electron chi connectivity index (χ3n) is 3.41. The highest BCUT2D eigenvalue weighted by Crippen LogP contribution is 2.37. The Kier molecular flexibility index (Phi) is 5.34. The zero-order valence-electron chi connectivity index (χ0n) is 13.0. The second kappa shape index (κ2) is 7.51. The fourth-order valence-corrected chi connectivity index (χ4v) is 3.45. The van der Waals surface area contributed by atoms with E-state index in [0.717, 1.165) is 22.3 Å². The van der Waals surface area contributed by atoms with Crippen LogP contribution in [0.5, 0.6) is 0 Å². The molecule has 0 radical (unpaired) electrons. The summed E-state index contributed by atoms with van der Waals surface area (Å²) in [6, 6.07) is 11.4. The number of nitrogens with zero attached hydrogens (tertiary/aromatic N) is 4. The molecule has 3 rings (SSSR count). The number of thioether (sulfide) groups is 1. The molecule has 3 aromatic rings. The van der Waals surface area contributed by atoms with Crippen LogP contribution in [0, 0.1) is 11.3 Å². The number of benzene rings is 1. The first kappa shape index (κ1) is 18.5. The van der Waals surface area contributed by atoms with Gasteiger partial charge in [-0.25, -0.2) is 4.98 Å². The summed E-state index contributed by atoms with van der Waals surface area (Å²) in [6.07, 6.45) is -1.35. The van der Waals surface area contributed by atoms with E-state index < -0.39 is 11.9 Å². The van der Waals surface area contributed by atoms with Crippen molar-refractivity contribution >= 4 is 27.7 Å². The van der Waals surface area contributed by atoms with Gasteiger partial charge in [0.15, 0.2) is 0 Å². The number of hydrogen-bond acceptors (Lipinski definition) is 4. The van der Waals surface area contributed by atoms with Crippen molar-refractivity contribution in [1.82, 2.24) is 14.8 Å². The lowest BCUT2D eigenvalue weighted by atomic mass is 10.0. The van der Waals surface area contributed by atoms with E-state index in [4.69, 9.17) is 0 Å². The van der Waals surface area contributed by atoms with Crippen molar-refractivity contribution in [3.8, 4) is 17.2 Å². The minimum Gasteiger partial charge on any atom is -0.261 e. The maximum Gasteiger partial charge on any atom is 0.433 e. The predicted molar refractivity (Wildman–Crippen MR) is 95.2 cm³/mol. The Morgan fingerprint density at radius 1 is 1.23 bits per heavy atom. The summed E-state index contributed by atoms with van der Waals surface area (Å²) < 4.78 is 42.2. The summed E-state index contributed by atoms with van der Waals surface area (Å²) in [5.74, 6) is 0.225. The molecule has 0 aliphatic rings. The molecule has 132 valence electrons. The fraction of sp³-hybridized carbons (Fsp3) is 0.118. The molecule has 9 heteroatoms. The zero-order chi connectivity index (χ0) is 18.7. The predicted octanol–water partition coefficient (Wildman–Crippen LogP) is 5.35. The Morgan fingerprint density at radius 2 is 1.96 bits per heavy atom. The Bertz CT molecular complexity index is 964. The second-order valence-corrected chi connectivity index (χ2v) is 7.03. The molecule has 0 aliphatic carbocycles. The van der Waals surface area contributed by atoms with E-state index in [1.807, 2.05) is 6.07 Å². The van der Waals surface area contributed by atoms with Gasteiger partial charge in [-0.05, 0) is 27.6 Å². The SMILES string of the molecule is N#Cc1c(-c2ccccc2)cc(C(F)(F)F)nc1SCn1cc(Br)cn1. The van der Waals surface area contributed by atoms with Gasteiger partial charge in [-0.1, -0.05) is 42.1 Å². The van der Waals surface area contributed by atoms with Crippen LogP contribution in [0.1, 0.15) is 11.3 Å². The minimum absolute atomic E-state index is 0.0211. The van der Waals surface area contributed by atoms with Crippen LogP contribution in [-0.2, 0) is 12.1 Å². The van der Waals surface area contributed by atoms with Gasteiger partial charge in [0.05, 0.1) is 22.1 Å². The molecule has 0 amide bonds. The molecule has 2 heterocycles. The molecule has 1 aromatic carbocycles. The third kappa shape index (κ3) is 4.08. The molecule has 0 bridgehead atoms. The summed E-state index contributed by atoms with van der Waals surface area (Å²) in [5.41, 5.74) is -0.180. The van der Waals surface area contributed by atoms with Crippen LogP contribution in [0.4, 0.5) is 13.2 Å². The summed E-state index contributed by atoms with van der Waals surface area (Å²) in [4.78, 5) is 3.69. The second-order valence-electron chi connectivity index (χ2n) is 5.18. The average Bonchev–Trinajstić information content (AvgIpc) is 3.04. The molecule has 26 heavy (non-hydrogen) atoms. The molecule has 0 fully saturated rings. The monoisotopic (exact) mass is 438 g/mol. The summed E-state index contributed by atoms with van der Waals surface area (Å²) in [5, 5.41) is 13.6. The first-order chi connectivity index (χ1) is 12.4. The molecule has 0 saturated carbocycles. The van der Waals surface area contributed by atoms with Gasteiger partial charge in [0.2, 0.25) is 0 Å². The van der Waals surface area contributed by atoms with Crippen molar-refractivity contribution in [1.29, 1.82) is 5.26 Å². The lowest BCUT2D eigenvalue weighted by Crippen LogP contribution is -2.10. The average molecular weight is 439 g/mol. The largest absolute Gasteiger partial charge is 0.433 e. The van der Waals surface area contributed by atoms with E-state index in [2.05, 4.69) is 26.0 Å². The van der Waals surface area contributed by atoms with Crippen molar-refractivity contribution < 1.29 is 13.2 Å². The molecule has 0 atom stereocenters. The minimum atomic E-state index is -4.61. The van der Waals surface area contributed by atoms with Crippen LogP contribution in [0.25, 0.3) is 11.1 Å². The Balaban J connectivity index is 2.08. The van der Waals surface area contributed by atoms with Gasteiger partial charge < -0.3 is 0 Å². The van der Waals surface area contributed by atoms with Crippen LogP contribution < -0.4 is 0 Å². The summed E-state index contributed by atoms with van der Waals surface area (Å²) >= 11 is 4.28. The quantitative estimate of drug-likeness (QED) is 0.515. The van der Waals surface area contributed by atoms with Crippen LogP contribution in [0.3, 0.4) is 0 Å². The number of halogens is 4.